The van der Waals surface area contributed by atoms with Crippen molar-refractivity contribution in [3.63, 3.8) is 0 Å². The Balaban J connectivity index is 1.85. The van der Waals surface area contributed by atoms with E-state index in [1.807, 2.05) is 12.1 Å². The second kappa shape index (κ2) is 11.6. The molecule has 0 fully saturated rings. The first-order chi connectivity index (χ1) is 14.5. The van der Waals surface area contributed by atoms with E-state index in [2.05, 4.69) is 39.3 Å². The van der Waals surface area contributed by atoms with Crippen LogP contribution in [-0.2, 0) is 26.7 Å². The molecule has 0 aromatic heterocycles. The number of hydrogen-bond acceptors (Lipinski definition) is 4. The summed E-state index contributed by atoms with van der Waals surface area (Å²) in [6.45, 7) is 8.46. The van der Waals surface area contributed by atoms with E-state index >= 15 is 0 Å². The molecule has 2 atom stereocenters. The number of hydrogen-bond donors (Lipinski definition) is 3. The van der Waals surface area contributed by atoms with E-state index < -0.39 is 25.5 Å². The third-order valence-electron chi connectivity index (χ3n) is 5.85. The average molecular weight is 472 g/mol. The first kappa shape index (κ1) is 26.0. The average Bonchev–Trinajstić information content (AvgIpc) is 2.72. The fourth-order valence-electron chi connectivity index (χ4n) is 3.67. The molecule has 0 spiro atoms. The molecule has 0 saturated heterocycles. The van der Waals surface area contributed by atoms with Crippen LogP contribution in [0, 0.1) is 11.8 Å². The minimum absolute atomic E-state index is 0.291. The summed E-state index contributed by atoms with van der Waals surface area (Å²) in [4.78, 5) is 0. The highest BCUT2D eigenvalue weighted by atomic mass is 32.2. The van der Waals surface area contributed by atoms with Crippen molar-refractivity contribution in [2.75, 3.05) is 19.6 Å². The topological polar surface area (TPSA) is 104 Å². The minimum Gasteiger partial charge on any atom is -0.215 e. The molecule has 0 heterocycles. The van der Waals surface area contributed by atoms with Gasteiger partial charge >= 0.3 is 0 Å². The van der Waals surface area contributed by atoms with Crippen LogP contribution in [0.1, 0.15) is 58.1 Å². The molecule has 0 radical (unpaired) electrons. The maximum atomic E-state index is 12.0. The van der Waals surface area contributed by atoms with Gasteiger partial charge in [0.05, 0.1) is 5.25 Å². The molecule has 0 saturated carbocycles. The minimum atomic E-state index is -3.40. The van der Waals surface area contributed by atoms with Gasteiger partial charge in [-0.25, -0.2) is 22.6 Å². The van der Waals surface area contributed by atoms with Gasteiger partial charge in [0.1, 0.15) is 0 Å². The molecule has 0 bridgehead atoms. The molecule has 0 amide bonds. The Morgan fingerprint density at radius 2 is 1.68 bits per heavy atom. The molecule has 9 heteroatoms. The Morgan fingerprint density at radius 1 is 1.00 bits per heavy atom. The van der Waals surface area contributed by atoms with E-state index in [1.165, 1.54) is 11.1 Å². The third kappa shape index (κ3) is 8.31. The first-order valence-corrected chi connectivity index (χ1v) is 14.1. The Bertz CT molecular complexity index is 939. The lowest BCUT2D eigenvalue weighted by Crippen LogP contribution is -2.37. The largest absolute Gasteiger partial charge is 0.276 e. The summed E-state index contributed by atoms with van der Waals surface area (Å²) in [5.74, 6) is 0.766. The van der Waals surface area contributed by atoms with E-state index in [0.29, 0.717) is 37.9 Å². The molecular formula is C22H37N3O4S2. The van der Waals surface area contributed by atoms with Crippen LogP contribution in [0.25, 0.3) is 5.57 Å². The lowest BCUT2D eigenvalue weighted by atomic mass is 9.80. The summed E-state index contributed by atoms with van der Waals surface area (Å²) < 4.78 is 54.8. The van der Waals surface area contributed by atoms with Gasteiger partial charge in [-0.3, -0.25) is 0 Å². The summed E-state index contributed by atoms with van der Waals surface area (Å²) in [7, 11) is -6.62. The van der Waals surface area contributed by atoms with E-state index in [1.54, 1.807) is 20.8 Å². The van der Waals surface area contributed by atoms with Crippen LogP contribution in [0.2, 0.25) is 0 Å². The SMILES string of the molecule is CCNS(=O)(=O)NCCc1ccc(C2=CCC(C(C)CNS(=O)(=O)C(C)C)CC2)cc1. The van der Waals surface area contributed by atoms with Gasteiger partial charge < -0.3 is 0 Å². The molecule has 2 unspecified atom stereocenters. The van der Waals surface area contributed by atoms with E-state index in [0.717, 1.165) is 24.8 Å². The van der Waals surface area contributed by atoms with Crippen LogP contribution in [0.4, 0.5) is 0 Å². The smallest absolute Gasteiger partial charge is 0.215 e. The maximum absolute atomic E-state index is 12.0. The van der Waals surface area contributed by atoms with Crippen LogP contribution < -0.4 is 14.2 Å². The highest BCUT2D eigenvalue weighted by Crippen LogP contribution is 2.34. The predicted molar refractivity (Wildman–Crippen MR) is 127 cm³/mol. The van der Waals surface area contributed by atoms with Gasteiger partial charge in [-0.1, -0.05) is 44.2 Å². The maximum Gasteiger partial charge on any atom is 0.276 e. The van der Waals surface area contributed by atoms with Gasteiger partial charge in [0.2, 0.25) is 10.0 Å². The first-order valence-electron chi connectivity index (χ1n) is 11.0. The van der Waals surface area contributed by atoms with Crippen molar-refractivity contribution in [3.8, 4) is 0 Å². The summed E-state index contributed by atoms with van der Waals surface area (Å²) >= 11 is 0. The normalized spacial score (nSPS) is 18.7. The van der Waals surface area contributed by atoms with Gasteiger partial charge in [-0.2, -0.15) is 8.42 Å². The van der Waals surface area contributed by atoms with Crippen LogP contribution in [0.5, 0.6) is 0 Å². The Hall–Kier alpha value is -1.26. The lowest BCUT2D eigenvalue weighted by Gasteiger charge is -2.28. The zero-order valence-electron chi connectivity index (χ0n) is 19.0. The molecule has 0 aliphatic heterocycles. The van der Waals surface area contributed by atoms with Crippen molar-refractivity contribution < 1.29 is 16.8 Å². The van der Waals surface area contributed by atoms with Crippen LogP contribution in [-0.4, -0.2) is 41.7 Å². The monoisotopic (exact) mass is 471 g/mol. The standard InChI is InChI=1S/C22H37N3O4S2/c1-5-23-31(28,29)24-15-14-19-6-8-21(9-7-19)22-12-10-20(11-13-22)18(4)16-25-30(26,27)17(2)3/h6-9,12,17-18,20,23-25H,5,10-11,13-16H2,1-4H3. The van der Waals surface area contributed by atoms with Crippen LogP contribution >= 0.6 is 0 Å². The molecule has 7 nitrogen and oxygen atoms in total. The Morgan fingerprint density at radius 3 is 2.23 bits per heavy atom. The number of rotatable bonds is 12. The molecule has 2 rings (SSSR count). The van der Waals surface area contributed by atoms with Crippen molar-refractivity contribution in [1.29, 1.82) is 0 Å². The van der Waals surface area contributed by atoms with E-state index in [9.17, 15) is 16.8 Å². The van der Waals surface area contributed by atoms with E-state index in [-0.39, 0.29) is 0 Å². The number of sulfonamides is 1. The summed E-state index contributed by atoms with van der Waals surface area (Å²) in [5, 5.41) is -0.409. The zero-order chi connectivity index (χ0) is 23.1. The van der Waals surface area contributed by atoms with Gasteiger partial charge in [0.25, 0.3) is 10.2 Å². The van der Waals surface area contributed by atoms with E-state index in [4.69, 9.17) is 0 Å². The summed E-state index contributed by atoms with van der Waals surface area (Å²) in [6, 6.07) is 8.29. The van der Waals surface area contributed by atoms with Crippen molar-refractivity contribution in [2.24, 2.45) is 11.8 Å². The Labute approximate surface area is 188 Å². The fourth-order valence-corrected chi connectivity index (χ4v) is 5.35. The summed E-state index contributed by atoms with van der Waals surface area (Å²) in [5.41, 5.74) is 3.61. The predicted octanol–water partition coefficient (Wildman–Crippen LogP) is 2.82. The van der Waals surface area contributed by atoms with Crippen molar-refractivity contribution in [3.05, 3.63) is 41.5 Å². The number of allylic oxidation sites excluding steroid dienone is 2. The molecule has 1 aliphatic carbocycles. The third-order valence-corrected chi connectivity index (χ3v) is 8.91. The van der Waals surface area contributed by atoms with Gasteiger partial charge in [-0.15, -0.1) is 0 Å². The van der Waals surface area contributed by atoms with Crippen LogP contribution in [0.15, 0.2) is 30.3 Å². The fraction of sp³-hybridized carbons (Fsp3) is 0.636. The number of nitrogens with one attached hydrogen (secondary N) is 3. The van der Waals surface area contributed by atoms with Gasteiger partial charge in [-0.05, 0) is 68.1 Å². The molecule has 1 aliphatic rings. The molecular weight excluding hydrogens is 434 g/mol. The zero-order valence-corrected chi connectivity index (χ0v) is 20.7. The highest BCUT2D eigenvalue weighted by Gasteiger charge is 2.23. The molecule has 1 aromatic rings. The quantitative estimate of drug-likeness (QED) is 0.436. The van der Waals surface area contributed by atoms with Crippen LogP contribution in [0.3, 0.4) is 0 Å². The summed E-state index contributed by atoms with van der Waals surface area (Å²) in [6.07, 6.45) is 5.89. The molecule has 1 aromatic carbocycles. The second-order valence-electron chi connectivity index (χ2n) is 8.53. The highest BCUT2D eigenvalue weighted by molar-refractivity contribution is 7.90. The van der Waals surface area contributed by atoms with Crippen molar-refractivity contribution in [1.82, 2.24) is 14.2 Å². The van der Waals surface area contributed by atoms with Gasteiger partial charge in [0, 0.05) is 19.6 Å². The van der Waals surface area contributed by atoms with Crippen molar-refractivity contribution >= 4 is 25.8 Å². The Kier molecular flexibility index (Phi) is 9.69. The second-order valence-corrected chi connectivity index (χ2v) is 12.4. The molecule has 3 N–H and O–H groups in total. The lowest BCUT2D eigenvalue weighted by molar-refractivity contribution is 0.334. The van der Waals surface area contributed by atoms with Crippen molar-refractivity contribution in [2.45, 2.75) is 58.6 Å². The van der Waals surface area contributed by atoms with Gasteiger partial charge in [0.15, 0.2) is 0 Å². The molecule has 176 valence electrons. The number of benzene rings is 1. The molecule has 31 heavy (non-hydrogen) atoms.